The van der Waals surface area contributed by atoms with Crippen LogP contribution in [0.3, 0.4) is 0 Å². The molecule has 0 spiro atoms. The van der Waals surface area contributed by atoms with E-state index in [2.05, 4.69) is 0 Å². The zero-order valence-corrected chi connectivity index (χ0v) is 18.7. The molecule has 1 aliphatic rings. The highest BCUT2D eigenvalue weighted by atomic mass is 32.2. The molecule has 1 heterocycles. The summed E-state index contributed by atoms with van der Waals surface area (Å²) in [5.74, 6) is 0.572. The van der Waals surface area contributed by atoms with Crippen LogP contribution in [-0.4, -0.2) is 45.4 Å². The predicted octanol–water partition coefficient (Wildman–Crippen LogP) is 3.84. The van der Waals surface area contributed by atoms with E-state index in [1.165, 1.54) is 18.4 Å². The van der Waals surface area contributed by atoms with Gasteiger partial charge in [0.05, 0.1) is 4.90 Å². The SMILES string of the molecule is CC[C@@H](Oc1cccc2ccccc12)C(=O)N1CCc2cc(S(=O)(=O)N(C)C)ccc21. The zero-order chi connectivity index (χ0) is 22.2. The van der Waals surface area contributed by atoms with Crippen LogP contribution in [0.15, 0.2) is 65.6 Å². The maximum Gasteiger partial charge on any atom is 0.268 e. The summed E-state index contributed by atoms with van der Waals surface area (Å²) in [4.78, 5) is 15.3. The molecule has 6 nitrogen and oxygen atoms in total. The molecule has 0 radical (unpaired) electrons. The molecule has 7 heteroatoms. The van der Waals surface area contributed by atoms with Gasteiger partial charge in [-0.15, -0.1) is 0 Å². The average Bonchev–Trinajstić information content (AvgIpc) is 3.20. The van der Waals surface area contributed by atoms with Gasteiger partial charge in [0.2, 0.25) is 10.0 Å². The van der Waals surface area contributed by atoms with Crippen LogP contribution in [0, 0.1) is 0 Å². The maximum atomic E-state index is 13.3. The summed E-state index contributed by atoms with van der Waals surface area (Å²) in [6.45, 7) is 2.44. The van der Waals surface area contributed by atoms with Gasteiger partial charge in [0.25, 0.3) is 5.91 Å². The van der Waals surface area contributed by atoms with E-state index >= 15 is 0 Å². The van der Waals surface area contributed by atoms with Crippen LogP contribution in [0.4, 0.5) is 5.69 Å². The number of nitrogens with zero attached hydrogens (tertiary/aromatic N) is 2. The van der Waals surface area contributed by atoms with Crippen molar-refractivity contribution in [3.05, 3.63) is 66.2 Å². The van der Waals surface area contributed by atoms with E-state index in [9.17, 15) is 13.2 Å². The summed E-state index contributed by atoms with van der Waals surface area (Å²) < 4.78 is 32.2. The van der Waals surface area contributed by atoms with E-state index < -0.39 is 16.1 Å². The molecule has 0 aliphatic carbocycles. The minimum absolute atomic E-state index is 0.114. The molecule has 0 saturated heterocycles. The smallest absolute Gasteiger partial charge is 0.268 e. The van der Waals surface area contributed by atoms with Crippen molar-refractivity contribution in [2.24, 2.45) is 0 Å². The molecule has 162 valence electrons. The van der Waals surface area contributed by atoms with Crippen molar-refractivity contribution in [2.45, 2.75) is 30.8 Å². The van der Waals surface area contributed by atoms with Crippen molar-refractivity contribution in [3.63, 3.8) is 0 Å². The maximum absolute atomic E-state index is 13.3. The predicted molar refractivity (Wildman–Crippen MR) is 122 cm³/mol. The van der Waals surface area contributed by atoms with Crippen LogP contribution in [0.5, 0.6) is 5.75 Å². The Kier molecular flexibility index (Phi) is 5.73. The highest BCUT2D eigenvalue weighted by Crippen LogP contribution is 2.33. The van der Waals surface area contributed by atoms with Gasteiger partial charge in [0, 0.05) is 31.7 Å². The second kappa shape index (κ2) is 8.32. The monoisotopic (exact) mass is 438 g/mol. The summed E-state index contributed by atoms with van der Waals surface area (Å²) >= 11 is 0. The molecule has 1 amide bonds. The summed E-state index contributed by atoms with van der Waals surface area (Å²) in [5, 5.41) is 2.03. The van der Waals surface area contributed by atoms with Gasteiger partial charge in [0.15, 0.2) is 6.10 Å². The minimum Gasteiger partial charge on any atom is -0.480 e. The van der Waals surface area contributed by atoms with E-state index in [1.54, 1.807) is 23.1 Å². The number of carbonyl (C=O) groups is 1. The summed E-state index contributed by atoms with van der Waals surface area (Å²) in [7, 11) is -0.496. The van der Waals surface area contributed by atoms with Crippen molar-refractivity contribution in [3.8, 4) is 5.75 Å². The molecule has 0 bridgehead atoms. The number of anilines is 1. The second-order valence-electron chi connectivity index (χ2n) is 7.81. The Morgan fingerprint density at radius 1 is 1.10 bits per heavy atom. The number of rotatable bonds is 6. The first-order valence-electron chi connectivity index (χ1n) is 10.3. The average molecular weight is 439 g/mol. The second-order valence-corrected chi connectivity index (χ2v) is 9.96. The van der Waals surface area contributed by atoms with Crippen LogP contribution in [0.25, 0.3) is 10.8 Å². The number of hydrogen-bond donors (Lipinski definition) is 0. The Hall–Kier alpha value is -2.90. The molecule has 4 rings (SSSR count). The summed E-state index contributed by atoms with van der Waals surface area (Å²) in [5.41, 5.74) is 1.61. The third-order valence-electron chi connectivity index (χ3n) is 5.66. The highest BCUT2D eigenvalue weighted by molar-refractivity contribution is 7.89. The lowest BCUT2D eigenvalue weighted by Gasteiger charge is -2.25. The number of sulfonamides is 1. The van der Waals surface area contributed by atoms with E-state index in [0.29, 0.717) is 25.1 Å². The molecular formula is C24H26N2O4S. The van der Waals surface area contributed by atoms with Crippen molar-refractivity contribution in [1.29, 1.82) is 0 Å². The van der Waals surface area contributed by atoms with E-state index in [4.69, 9.17) is 4.74 Å². The zero-order valence-electron chi connectivity index (χ0n) is 17.9. The Morgan fingerprint density at radius 3 is 2.58 bits per heavy atom. The standard InChI is InChI=1S/C24H26N2O4S/c1-4-22(30-23-11-7-9-17-8-5-6-10-20(17)23)24(27)26-15-14-18-16-19(12-13-21(18)26)31(28,29)25(2)3/h5-13,16,22H,4,14-15H2,1-3H3/t22-/m1/s1. The Balaban J connectivity index is 1.60. The molecule has 0 unspecified atom stereocenters. The van der Waals surface area contributed by atoms with Crippen LogP contribution < -0.4 is 9.64 Å². The molecule has 1 atom stereocenters. The molecule has 0 fully saturated rings. The van der Waals surface area contributed by atoms with E-state index in [1.807, 2.05) is 49.4 Å². The van der Waals surface area contributed by atoms with Gasteiger partial charge in [-0.2, -0.15) is 0 Å². The molecule has 3 aromatic rings. The molecule has 0 N–H and O–H groups in total. The number of ether oxygens (including phenoxy) is 1. The first-order chi connectivity index (χ1) is 14.8. The highest BCUT2D eigenvalue weighted by Gasteiger charge is 2.32. The Labute approximate surface area is 183 Å². The topological polar surface area (TPSA) is 66.9 Å². The van der Waals surface area contributed by atoms with Crippen LogP contribution >= 0.6 is 0 Å². The number of carbonyl (C=O) groups excluding carboxylic acids is 1. The molecule has 0 aromatic heterocycles. The number of fused-ring (bicyclic) bond motifs is 2. The largest absolute Gasteiger partial charge is 0.480 e. The van der Waals surface area contributed by atoms with Gasteiger partial charge in [-0.3, -0.25) is 4.79 Å². The van der Waals surface area contributed by atoms with Crippen LogP contribution in [0.2, 0.25) is 0 Å². The lowest BCUT2D eigenvalue weighted by Crippen LogP contribution is -2.41. The van der Waals surface area contributed by atoms with Crippen molar-refractivity contribution < 1.29 is 17.9 Å². The van der Waals surface area contributed by atoms with Crippen molar-refractivity contribution >= 4 is 32.4 Å². The van der Waals surface area contributed by atoms with Crippen LogP contribution in [0.1, 0.15) is 18.9 Å². The number of amides is 1. The first kappa shape index (κ1) is 21.3. The fourth-order valence-electron chi connectivity index (χ4n) is 3.91. The van der Waals surface area contributed by atoms with Crippen molar-refractivity contribution in [2.75, 3.05) is 25.5 Å². The molecule has 31 heavy (non-hydrogen) atoms. The van der Waals surface area contributed by atoms with Gasteiger partial charge in [0.1, 0.15) is 5.75 Å². The van der Waals surface area contributed by atoms with Crippen molar-refractivity contribution in [1.82, 2.24) is 4.31 Å². The van der Waals surface area contributed by atoms with Gasteiger partial charge in [-0.25, -0.2) is 12.7 Å². The Bertz CT molecular complexity index is 1230. The first-order valence-corrected chi connectivity index (χ1v) is 11.8. The molecule has 0 saturated carbocycles. The fourth-order valence-corrected chi connectivity index (χ4v) is 4.87. The lowest BCUT2D eigenvalue weighted by molar-refractivity contribution is -0.125. The fraction of sp³-hybridized carbons (Fsp3) is 0.292. The van der Waals surface area contributed by atoms with Gasteiger partial charge >= 0.3 is 0 Å². The summed E-state index contributed by atoms with van der Waals surface area (Å²) in [6, 6.07) is 18.7. The van der Waals surface area contributed by atoms with Gasteiger partial charge < -0.3 is 9.64 Å². The third-order valence-corrected chi connectivity index (χ3v) is 7.47. The normalized spacial score (nSPS) is 14.6. The molecular weight excluding hydrogens is 412 g/mol. The third kappa shape index (κ3) is 3.91. The van der Waals surface area contributed by atoms with Gasteiger partial charge in [-0.05, 0) is 48.1 Å². The minimum atomic E-state index is -3.51. The lowest BCUT2D eigenvalue weighted by atomic mass is 10.1. The molecule has 1 aliphatic heterocycles. The van der Waals surface area contributed by atoms with Gasteiger partial charge in [-0.1, -0.05) is 43.3 Å². The Morgan fingerprint density at radius 2 is 1.84 bits per heavy atom. The summed E-state index contributed by atoms with van der Waals surface area (Å²) in [6.07, 6.45) is 0.519. The van der Waals surface area contributed by atoms with E-state index in [0.717, 1.165) is 22.0 Å². The quantitative estimate of drug-likeness (QED) is 0.587. The van der Waals surface area contributed by atoms with E-state index in [-0.39, 0.29) is 10.8 Å². The number of benzene rings is 3. The molecule has 3 aromatic carbocycles. The van der Waals surface area contributed by atoms with Crippen LogP contribution in [-0.2, 0) is 21.2 Å². The number of hydrogen-bond acceptors (Lipinski definition) is 4.